The minimum absolute atomic E-state index is 0.795. The van der Waals surface area contributed by atoms with Crippen molar-refractivity contribution in [3.63, 3.8) is 0 Å². The molecule has 9 aromatic rings. The predicted molar refractivity (Wildman–Crippen MR) is 196 cm³/mol. The van der Waals surface area contributed by atoms with Gasteiger partial charge in [0.25, 0.3) is 0 Å². The van der Waals surface area contributed by atoms with E-state index in [9.17, 15) is 0 Å². The molecule has 0 saturated carbocycles. The van der Waals surface area contributed by atoms with E-state index in [1.54, 1.807) is 0 Å². The van der Waals surface area contributed by atoms with Gasteiger partial charge in [-0.05, 0) is 46.8 Å². The number of nitrogens with zero attached hydrogens (tertiary/aromatic N) is 2. The van der Waals surface area contributed by atoms with Crippen molar-refractivity contribution in [1.82, 2.24) is 9.55 Å². The quantitative estimate of drug-likeness (QED) is 0.151. The Balaban J connectivity index is 0.000000470. The number of hydrogen-bond acceptors (Lipinski definition) is 2. The second kappa shape index (κ2) is 11.7. The van der Waals surface area contributed by atoms with Gasteiger partial charge in [0.15, 0.2) is 0 Å². The molecule has 0 aliphatic carbocycles. The van der Waals surface area contributed by atoms with Crippen molar-refractivity contribution >= 4 is 72.6 Å². The highest BCUT2D eigenvalue weighted by molar-refractivity contribution is 6.18. The second-order valence-electron chi connectivity index (χ2n) is 11.3. The molecule has 0 saturated heterocycles. The van der Waals surface area contributed by atoms with Gasteiger partial charge in [-0.2, -0.15) is 0 Å². The van der Waals surface area contributed by atoms with Gasteiger partial charge in [-0.15, -0.1) is 0 Å². The molecule has 0 spiro atoms. The second-order valence-corrected chi connectivity index (χ2v) is 11.3. The summed E-state index contributed by atoms with van der Waals surface area (Å²) in [5, 5.41) is 15.0. The van der Waals surface area contributed by atoms with E-state index in [4.69, 9.17) is 10.4 Å². The maximum atomic E-state index is 7.99. The van der Waals surface area contributed by atoms with Crippen LogP contribution in [0.3, 0.4) is 0 Å². The van der Waals surface area contributed by atoms with E-state index in [1.165, 1.54) is 38.9 Å². The van der Waals surface area contributed by atoms with Crippen LogP contribution in [0.2, 0.25) is 0 Å². The van der Waals surface area contributed by atoms with Crippen molar-refractivity contribution < 1.29 is 0 Å². The molecule has 0 bridgehead atoms. The zero-order valence-electron chi connectivity index (χ0n) is 25.1. The van der Waals surface area contributed by atoms with Gasteiger partial charge in [0.2, 0.25) is 0 Å². The first-order valence-electron chi connectivity index (χ1n) is 15.4. The van der Waals surface area contributed by atoms with Crippen LogP contribution in [0.1, 0.15) is 5.56 Å². The van der Waals surface area contributed by atoms with E-state index in [-0.39, 0.29) is 0 Å². The lowest BCUT2D eigenvalue weighted by atomic mass is 9.98. The van der Waals surface area contributed by atoms with E-state index in [2.05, 4.69) is 107 Å². The van der Waals surface area contributed by atoms with Crippen LogP contribution in [0.25, 0.3) is 65.5 Å². The monoisotopic (exact) mass is 590 g/mol. The number of hydrogen-bond donors (Lipinski definition) is 2. The van der Waals surface area contributed by atoms with Crippen LogP contribution < -0.4 is 0 Å². The summed E-state index contributed by atoms with van der Waals surface area (Å²) in [6.45, 7) is 0. The van der Waals surface area contributed by atoms with Crippen molar-refractivity contribution in [1.29, 1.82) is 5.41 Å². The number of aromatic amines is 1. The minimum Gasteiger partial charge on any atom is -0.355 e. The van der Waals surface area contributed by atoms with Crippen LogP contribution in [0.5, 0.6) is 0 Å². The smallest absolute Gasteiger partial charge is 0.100 e. The molecule has 7 aromatic carbocycles. The van der Waals surface area contributed by atoms with E-state index in [0.29, 0.717) is 0 Å². The van der Waals surface area contributed by atoms with Crippen LogP contribution in [0.15, 0.2) is 163 Å². The number of H-pyrrole nitrogens is 1. The largest absolute Gasteiger partial charge is 0.355 e. The topological polar surface area (TPSA) is 56.9 Å². The lowest BCUT2D eigenvalue weighted by Gasteiger charge is -2.07. The molecule has 0 atom stereocenters. The van der Waals surface area contributed by atoms with Crippen LogP contribution in [-0.2, 0) is 0 Å². The van der Waals surface area contributed by atoms with E-state index >= 15 is 0 Å². The molecule has 0 unspecified atom stereocenters. The fraction of sp³-hybridized carbons (Fsp3) is 0. The fourth-order valence-corrected chi connectivity index (χ4v) is 6.46. The first-order chi connectivity index (χ1) is 22.8. The summed E-state index contributed by atoms with van der Waals surface area (Å²) < 4.78 is 2.17. The predicted octanol–water partition coefficient (Wildman–Crippen LogP) is 11.1. The third-order valence-corrected chi connectivity index (χ3v) is 8.61. The number of aliphatic imine (C=N–C) groups is 1. The molecule has 2 aromatic heterocycles. The number of aromatic nitrogens is 2. The zero-order valence-corrected chi connectivity index (χ0v) is 25.1. The average Bonchev–Trinajstić information content (AvgIpc) is 3.66. The first-order valence-corrected chi connectivity index (χ1v) is 15.4. The molecule has 46 heavy (non-hydrogen) atoms. The molecule has 218 valence electrons. The van der Waals surface area contributed by atoms with Crippen molar-refractivity contribution in [3.8, 4) is 11.1 Å². The standard InChI is InChI=1S/C36H24N4.C6H6/c37-21-25-17-16-23-8-1-2-9-27(23)36(25)38-22-40-33-14-6-4-11-29(33)35-26(12-7-15-34(35)40)24-18-19-32-30(20-24)28-10-3-5-13-31(28)39-32;1-2-4-6-5-3-1/h1-22,37,39H;1-6H. The summed E-state index contributed by atoms with van der Waals surface area (Å²) >= 11 is 0. The minimum atomic E-state index is 0.795. The zero-order chi connectivity index (χ0) is 30.9. The number of para-hydroxylation sites is 2. The van der Waals surface area contributed by atoms with Crippen molar-refractivity contribution in [2.75, 3.05) is 0 Å². The first kappa shape index (κ1) is 27.3. The van der Waals surface area contributed by atoms with E-state index < -0.39 is 0 Å². The third-order valence-electron chi connectivity index (χ3n) is 8.61. The van der Waals surface area contributed by atoms with Gasteiger partial charge in [-0.3, -0.25) is 4.57 Å². The molecule has 4 nitrogen and oxygen atoms in total. The fourth-order valence-electron chi connectivity index (χ4n) is 6.46. The lowest BCUT2D eigenvalue weighted by Crippen LogP contribution is -1.95. The van der Waals surface area contributed by atoms with Crippen LogP contribution in [0, 0.1) is 5.41 Å². The highest BCUT2D eigenvalue weighted by Crippen LogP contribution is 2.38. The Bertz CT molecular complexity index is 2530. The Hall–Kier alpha value is -6.26. The normalized spacial score (nSPS) is 11.5. The highest BCUT2D eigenvalue weighted by atomic mass is 15.0. The summed E-state index contributed by atoms with van der Waals surface area (Å²) in [5.41, 5.74) is 8.46. The average molecular weight is 591 g/mol. The van der Waals surface area contributed by atoms with Gasteiger partial charge in [0.1, 0.15) is 6.34 Å². The third kappa shape index (κ3) is 4.73. The molecule has 0 amide bonds. The Labute approximate surface area is 266 Å². The van der Waals surface area contributed by atoms with E-state index in [0.717, 1.165) is 44.1 Å². The highest BCUT2D eigenvalue weighted by Gasteiger charge is 2.15. The molecule has 0 aliphatic heterocycles. The number of fused-ring (bicyclic) bond motifs is 7. The maximum Gasteiger partial charge on any atom is 0.100 e. The van der Waals surface area contributed by atoms with Crippen molar-refractivity contribution in [2.45, 2.75) is 0 Å². The van der Waals surface area contributed by atoms with Crippen molar-refractivity contribution in [3.05, 3.63) is 163 Å². The summed E-state index contributed by atoms with van der Waals surface area (Å²) in [7, 11) is 0. The molecule has 0 radical (unpaired) electrons. The van der Waals surface area contributed by atoms with Gasteiger partial charge in [-0.1, -0.05) is 127 Å². The van der Waals surface area contributed by atoms with Crippen LogP contribution in [0.4, 0.5) is 5.69 Å². The molecule has 0 aliphatic rings. The maximum absolute atomic E-state index is 7.99. The number of benzene rings is 7. The summed E-state index contributed by atoms with van der Waals surface area (Å²) in [4.78, 5) is 8.55. The van der Waals surface area contributed by atoms with Gasteiger partial charge in [-0.25, -0.2) is 4.99 Å². The Morgan fingerprint density at radius 1 is 0.543 bits per heavy atom. The summed E-state index contributed by atoms with van der Waals surface area (Å²) in [5.74, 6) is 0. The molecule has 2 heterocycles. The molecule has 2 N–H and O–H groups in total. The van der Waals surface area contributed by atoms with Gasteiger partial charge < -0.3 is 10.4 Å². The lowest BCUT2D eigenvalue weighted by molar-refractivity contribution is 1.31. The number of rotatable bonds is 4. The van der Waals surface area contributed by atoms with Gasteiger partial charge in [0, 0.05) is 49.7 Å². The molecule has 0 fully saturated rings. The Kier molecular flexibility index (Phi) is 6.93. The molecular weight excluding hydrogens is 560 g/mol. The molecular formula is C42H30N4. The van der Waals surface area contributed by atoms with Crippen LogP contribution >= 0.6 is 0 Å². The Morgan fingerprint density at radius 2 is 1.22 bits per heavy atom. The molecule has 4 heteroatoms. The SMILES string of the molecule is N=Cc1ccc2ccccc2c1N=Cn1c2ccccc2c2c(-c3ccc4[nH]c5ccccc5c4c3)cccc21.c1ccccc1. The summed E-state index contributed by atoms with van der Waals surface area (Å²) in [6.07, 6.45) is 3.29. The van der Waals surface area contributed by atoms with Gasteiger partial charge in [0.05, 0.1) is 16.7 Å². The van der Waals surface area contributed by atoms with Crippen molar-refractivity contribution in [2.24, 2.45) is 4.99 Å². The summed E-state index contributed by atoms with van der Waals surface area (Å²) in [6, 6.07) is 54.4. The Morgan fingerprint density at radius 3 is 2.02 bits per heavy atom. The molecule has 9 rings (SSSR count). The van der Waals surface area contributed by atoms with E-state index in [1.807, 2.05) is 67.0 Å². The van der Waals surface area contributed by atoms with Crippen LogP contribution in [-0.4, -0.2) is 22.1 Å². The number of nitrogens with one attached hydrogen (secondary N) is 2. The van der Waals surface area contributed by atoms with Gasteiger partial charge >= 0.3 is 0 Å².